The number of halogens is 1. The third-order valence-electron chi connectivity index (χ3n) is 2.82. The molecule has 78 valence electrons. The lowest BCUT2D eigenvalue weighted by molar-refractivity contribution is 0.784. The van der Waals surface area contributed by atoms with Crippen molar-refractivity contribution in [2.24, 2.45) is 11.8 Å². The molecule has 0 aliphatic heterocycles. The molecule has 0 spiro atoms. The van der Waals surface area contributed by atoms with E-state index in [1.54, 1.807) is 12.3 Å². The molecule has 1 aliphatic carbocycles. The lowest BCUT2D eigenvalue weighted by Gasteiger charge is -2.06. The number of aromatic nitrogens is 1. The van der Waals surface area contributed by atoms with Crippen LogP contribution in [0.3, 0.4) is 0 Å². The smallest absolute Gasteiger partial charge is 0.146 e. The summed E-state index contributed by atoms with van der Waals surface area (Å²) in [6.45, 7) is 3.12. The van der Waals surface area contributed by atoms with E-state index in [4.69, 9.17) is 16.9 Å². The predicted octanol–water partition coefficient (Wildman–Crippen LogP) is 2.67. The number of pyridine rings is 1. The van der Waals surface area contributed by atoms with Crippen LogP contribution in [0, 0.1) is 23.2 Å². The van der Waals surface area contributed by atoms with Crippen molar-refractivity contribution in [2.75, 3.05) is 11.9 Å². The van der Waals surface area contributed by atoms with Crippen LogP contribution in [0.4, 0.5) is 5.82 Å². The molecule has 0 saturated heterocycles. The molecule has 1 N–H and O–H groups in total. The molecule has 3 nitrogen and oxygen atoms in total. The fraction of sp³-hybridized carbons (Fsp3) is 0.455. The van der Waals surface area contributed by atoms with Crippen LogP contribution in [0.15, 0.2) is 12.3 Å². The van der Waals surface area contributed by atoms with Gasteiger partial charge in [-0.05, 0) is 24.3 Å². The summed E-state index contributed by atoms with van der Waals surface area (Å²) in [5, 5.41) is 12.4. The average molecular weight is 222 g/mol. The Labute approximate surface area is 94.1 Å². The van der Waals surface area contributed by atoms with Crippen molar-refractivity contribution >= 4 is 17.4 Å². The van der Waals surface area contributed by atoms with Gasteiger partial charge in [0.05, 0.1) is 5.56 Å². The highest BCUT2D eigenvalue weighted by molar-refractivity contribution is 6.34. The van der Waals surface area contributed by atoms with E-state index in [-0.39, 0.29) is 0 Å². The fourth-order valence-corrected chi connectivity index (χ4v) is 1.79. The van der Waals surface area contributed by atoms with Crippen LogP contribution >= 0.6 is 11.6 Å². The quantitative estimate of drug-likeness (QED) is 0.854. The maximum atomic E-state index is 8.78. The summed E-state index contributed by atoms with van der Waals surface area (Å²) in [6.07, 6.45) is 2.87. The van der Waals surface area contributed by atoms with E-state index < -0.39 is 0 Å². The SMILES string of the molecule is CC1CC1CNc1nccc(C#N)c1Cl. The second-order valence-electron chi connectivity index (χ2n) is 3.99. The number of nitrogens with zero attached hydrogens (tertiary/aromatic N) is 2. The molecule has 1 fully saturated rings. The molecule has 1 saturated carbocycles. The van der Waals surface area contributed by atoms with Crippen LogP contribution in [0.2, 0.25) is 5.02 Å². The highest BCUT2D eigenvalue weighted by Crippen LogP contribution is 2.37. The van der Waals surface area contributed by atoms with Crippen LogP contribution in [0.1, 0.15) is 18.9 Å². The minimum Gasteiger partial charge on any atom is -0.369 e. The highest BCUT2D eigenvalue weighted by Gasteiger charge is 2.32. The molecule has 1 aromatic rings. The number of hydrogen-bond donors (Lipinski definition) is 1. The molecule has 2 atom stereocenters. The van der Waals surface area contributed by atoms with Crippen LogP contribution in [0.25, 0.3) is 0 Å². The van der Waals surface area contributed by atoms with Crippen LogP contribution in [-0.4, -0.2) is 11.5 Å². The van der Waals surface area contributed by atoms with Crippen molar-refractivity contribution < 1.29 is 0 Å². The molecule has 0 bridgehead atoms. The molecule has 0 radical (unpaired) electrons. The van der Waals surface area contributed by atoms with Gasteiger partial charge in [0.15, 0.2) is 0 Å². The van der Waals surface area contributed by atoms with Crippen LogP contribution in [-0.2, 0) is 0 Å². The molecular weight excluding hydrogens is 210 g/mol. The molecule has 2 rings (SSSR count). The monoisotopic (exact) mass is 221 g/mol. The van der Waals surface area contributed by atoms with E-state index in [2.05, 4.69) is 17.2 Å². The fourth-order valence-electron chi connectivity index (χ4n) is 1.56. The Morgan fingerprint density at radius 3 is 3.07 bits per heavy atom. The van der Waals surface area contributed by atoms with Gasteiger partial charge < -0.3 is 5.32 Å². The van der Waals surface area contributed by atoms with Crippen LogP contribution in [0.5, 0.6) is 0 Å². The Kier molecular flexibility index (Phi) is 2.79. The maximum Gasteiger partial charge on any atom is 0.146 e. The number of rotatable bonds is 3. The Morgan fingerprint density at radius 1 is 1.73 bits per heavy atom. The van der Waals surface area contributed by atoms with E-state index in [1.165, 1.54) is 6.42 Å². The summed E-state index contributed by atoms with van der Waals surface area (Å²) in [5.74, 6) is 2.15. The van der Waals surface area contributed by atoms with E-state index in [1.807, 2.05) is 6.07 Å². The number of anilines is 1. The van der Waals surface area contributed by atoms with Gasteiger partial charge in [0, 0.05) is 12.7 Å². The molecular formula is C11H12ClN3. The van der Waals surface area contributed by atoms with Gasteiger partial charge >= 0.3 is 0 Å². The first-order valence-electron chi connectivity index (χ1n) is 5.01. The number of hydrogen-bond acceptors (Lipinski definition) is 3. The van der Waals surface area contributed by atoms with E-state index in [9.17, 15) is 0 Å². The van der Waals surface area contributed by atoms with Crippen molar-refractivity contribution in [1.82, 2.24) is 4.98 Å². The minimum absolute atomic E-state index is 0.424. The Morgan fingerprint density at radius 2 is 2.47 bits per heavy atom. The van der Waals surface area contributed by atoms with Gasteiger partial charge in [0.2, 0.25) is 0 Å². The molecule has 0 amide bonds. The third-order valence-corrected chi connectivity index (χ3v) is 3.20. The largest absolute Gasteiger partial charge is 0.369 e. The van der Waals surface area contributed by atoms with E-state index in [0.29, 0.717) is 16.4 Å². The zero-order valence-electron chi connectivity index (χ0n) is 8.50. The second kappa shape index (κ2) is 4.08. The lowest BCUT2D eigenvalue weighted by Crippen LogP contribution is -2.06. The molecule has 4 heteroatoms. The van der Waals surface area contributed by atoms with Gasteiger partial charge in [-0.25, -0.2) is 4.98 Å². The zero-order valence-corrected chi connectivity index (χ0v) is 9.25. The minimum atomic E-state index is 0.424. The molecule has 2 unspecified atom stereocenters. The molecule has 1 heterocycles. The molecule has 1 aromatic heterocycles. The summed E-state index contributed by atoms with van der Waals surface area (Å²) < 4.78 is 0. The van der Waals surface area contributed by atoms with Gasteiger partial charge in [-0.1, -0.05) is 18.5 Å². The average Bonchev–Trinajstić information content (AvgIpc) is 2.93. The standard InChI is InChI=1S/C11H12ClN3/c1-7-4-9(7)6-15-11-10(12)8(5-13)2-3-14-11/h2-3,7,9H,4,6H2,1H3,(H,14,15). The van der Waals surface area contributed by atoms with Gasteiger partial charge in [0.25, 0.3) is 0 Å². The van der Waals surface area contributed by atoms with Gasteiger partial charge in [0.1, 0.15) is 16.9 Å². The zero-order chi connectivity index (χ0) is 10.8. The Hall–Kier alpha value is -1.27. The summed E-state index contributed by atoms with van der Waals surface area (Å²) in [5.41, 5.74) is 0.470. The lowest BCUT2D eigenvalue weighted by atomic mass is 10.3. The van der Waals surface area contributed by atoms with Gasteiger partial charge in [-0.2, -0.15) is 5.26 Å². The Balaban J connectivity index is 2.05. The first kappa shape index (κ1) is 10.3. The molecule has 15 heavy (non-hydrogen) atoms. The first-order chi connectivity index (χ1) is 7.22. The van der Waals surface area contributed by atoms with Crippen molar-refractivity contribution in [1.29, 1.82) is 5.26 Å². The topological polar surface area (TPSA) is 48.7 Å². The van der Waals surface area contributed by atoms with Gasteiger partial charge in [-0.3, -0.25) is 0 Å². The summed E-state index contributed by atoms with van der Waals surface area (Å²) in [7, 11) is 0. The summed E-state index contributed by atoms with van der Waals surface area (Å²) in [4.78, 5) is 4.12. The first-order valence-corrected chi connectivity index (χ1v) is 5.38. The number of nitrogens with one attached hydrogen (secondary N) is 1. The Bertz CT molecular complexity index is 411. The van der Waals surface area contributed by atoms with E-state index >= 15 is 0 Å². The van der Waals surface area contributed by atoms with Crippen molar-refractivity contribution in [3.05, 3.63) is 22.8 Å². The summed E-state index contributed by atoms with van der Waals surface area (Å²) >= 11 is 6.00. The second-order valence-corrected chi connectivity index (χ2v) is 4.36. The molecule has 0 aromatic carbocycles. The van der Waals surface area contributed by atoms with Crippen LogP contribution < -0.4 is 5.32 Å². The maximum absolute atomic E-state index is 8.78. The summed E-state index contributed by atoms with van der Waals surface area (Å²) in [6, 6.07) is 3.65. The number of nitriles is 1. The van der Waals surface area contributed by atoms with Crippen molar-refractivity contribution in [3.63, 3.8) is 0 Å². The predicted molar refractivity (Wildman–Crippen MR) is 59.7 cm³/mol. The molecule has 1 aliphatic rings. The highest BCUT2D eigenvalue weighted by atomic mass is 35.5. The van der Waals surface area contributed by atoms with E-state index in [0.717, 1.165) is 18.4 Å². The normalized spacial score (nSPS) is 23.3. The van der Waals surface area contributed by atoms with Gasteiger partial charge in [-0.15, -0.1) is 0 Å². The third kappa shape index (κ3) is 2.21. The van der Waals surface area contributed by atoms with Crippen molar-refractivity contribution in [3.8, 4) is 6.07 Å². The van der Waals surface area contributed by atoms with Crippen molar-refractivity contribution in [2.45, 2.75) is 13.3 Å².